The molecule has 2 rings (SSSR count). The van der Waals surface area contributed by atoms with Crippen LogP contribution in [0, 0.1) is 11.6 Å². The number of nitrogens with zero attached hydrogens (tertiary/aromatic N) is 2. The molecule has 1 aromatic carbocycles. The van der Waals surface area contributed by atoms with Gasteiger partial charge in [-0.1, -0.05) is 17.3 Å². The Labute approximate surface area is 84.0 Å². The smallest absolute Gasteiger partial charge is 0.214 e. The summed E-state index contributed by atoms with van der Waals surface area (Å²) in [6.07, 6.45) is 4.29. The van der Waals surface area contributed by atoms with Gasteiger partial charge >= 0.3 is 0 Å². The van der Waals surface area contributed by atoms with E-state index in [1.165, 1.54) is 18.5 Å². The second-order valence-electron chi connectivity index (χ2n) is 2.80. The maximum atomic E-state index is 12.8. The van der Waals surface area contributed by atoms with Crippen molar-refractivity contribution in [2.45, 2.75) is 0 Å². The predicted octanol–water partition coefficient (Wildman–Crippen LogP) is 2.52. The van der Waals surface area contributed by atoms with Crippen LogP contribution in [-0.2, 0) is 0 Å². The van der Waals surface area contributed by atoms with Crippen molar-refractivity contribution < 1.29 is 13.3 Å². The zero-order valence-electron chi connectivity index (χ0n) is 7.52. The SMILES string of the molecule is Fc1ccc(C=Cc2ncon2)cc1F. The molecule has 0 aliphatic heterocycles. The van der Waals surface area contributed by atoms with Gasteiger partial charge in [-0.15, -0.1) is 0 Å². The molecule has 2 aromatic rings. The summed E-state index contributed by atoms with van der Waals surface area (Å²) in [5.74, 6) is -1.38. The lowest BCUT2D eigenvalue weighted by molar-refractivity contribution is 0.415. The van der Waals surface area contributed by atoms with Crippen molar-refractivity contribution in [3.8, 4) is 0 Å². The zero-order chi connectivity index (χ0) is 10.7. The van der Waals surface area contributed by atoms with Crippen molar-refractivity contribution in [1.82, 2.24) is 10.1 Å². The minimum atomic E-state index is -0.884. The van der Waals surface area contributed by atoms with E-state index in [0.29, 0.717) is 11.4 Å². The summed E-state index contributed by atoms with van der Waals surface area (Å²) in [5.41, 5.74) is 0.527. The second-order valence-corrected chi connectivity index (χ2v) is 2.80. The summed E-state index contributed by atoms with van der Waals surface area (Å²) in [6.45, 7) is 0. The first-order chi connectivity index (χ1) is 7.25. The van der Waals surface area contributed by atoms with E-state index in [1.807, 2.05) is 0 Å². The van der Waals surface area contributed by atoms with Crippen LogP contribution in [0.3, 0.4) is 0 Å². The Hall–Kier alpha value is -2.04. The molecule has 0 N–H and O–H groups in total. The molecule has 0 aliphatic carbocycles. The van der Waals surface area contributed by atoms with Gasteiger partial charge in [0.2, 0.25) is 6.39 Å². The highest BCUT2D eigenvalue weighted by atomic mass is 19.2. The van der Waals surface area contributed by atoms with E-state index in [9.17, 15) is 8.78 Å². The highest BCUT2D eigenvalue weighted by Gasteiger charge is 2.00. The van der Waals surface area contributed by atoms with Gasteiger partial charge in [0.15, 0.2) is 17.5 Å². The lowest BCUT2D eigenvalue weighted by Crippen LogP contribution is -1.83. The maximum Gasteiger partial charge on any atom is 0.214 e. The minimum Gasteiger partial charge on any atom is -0.342 e. The average molecular weight is 208 g/mol. The van der Waals surface area contributed by atoms with Gasteiger partial charge in [-0.05, 0) is 23.8 Å². The number of benzene rings is 1. The van der Waals surface area contributed by atoms with E-state index in [2.05, 4.69) is 14.7 Å². The molecule has 0 bridgehead atoms. The summed E-state index contributed by atoms with van der Waals surface area (Å²) in [5, 5.41) is 3.53. The standard InChI is InChI=1S/C10H6F2N2O/c11-8-3-1-7(5-9(8)12)2-4-10-13-6-15-14-10/h1-6H. The van der Waals surface area contributed by atoms with Crippen molar-refractivity contribution in [1.29, 1.82) is 0 Å². The lowest BCUT2D eigenvalue weighted by atomic mass is 10.2. The minimum absolute atomic E-state index is 0.375. The number of aromatic nitrogens is 2. The van der Waals surface area contributed by atoms with Gasteiger partial charge < -0.3 is 4.52 Å². The number of rotatable bonds is 2. The Kier molecular flexibility index (Phi) is 2.53. The molecule has 1 aromatic heterocycles. The van der Waals surface area contributed by atoms with E-state index in [0.717, 1.165) is 12.1 Å². The van der Waals surface area contributed by atoms with E-state index >= 15 is 0 Å². The monoisotopic (exact) mass is 208 g/mol. The van der Waals surface area contributed by atoms with Gasteiger partial charge in [-0.3, -0.25) is 0 Å². The van der Waals surface area contributed by atoms with E-state index in [-0.39, 0.29) is 0 Å². The van der Waals surface area contributed by atoms with Crippen LogP contribution < -0.4 is 0 Å². The average Bonchev–Trinajstić information content (AvgIpc) is 2.73. The molecular formula is C10H6F2N2O. The molecule has 0 fully saturated rings. The van der Waals surface area contributed by atoms with Gasteiger partial charge in [-0.2, -0.15) is 4.98 Å². The highest BCUT2D eigenvalue weighted by molar-refractivity contribution is 5.66. The topological polar surface area (TPSA) is 38.9 Å². The first-order valence-corrected chi connectivity index (χ1v) is 4.15. The fourth-order valence-corrected chi connectivity index (χ4v) is 1.04. The van der Waals surface area contributed by atoms with Crippen LogP contribution in [0.2, 0.25) is 0 Å². The molecule has 3 nitrogen and oxygen atoms in total. The summed E-state index contributed by atoms with van der Waals surface area (Å²) in [7, 11) is 0. The lowest BCUT2D eigenvalue weighted by Gasteiger charge is -1.94. The van der Waals surface area contributed by atoms with Crippen molar-refractivity contribution in [2.75, 3.05) is 0 Å². The number of hydrogen-bond acceptors (Lipinski definition) is 3. The maximum absolute atomic E-state index is 12.8. The molecule has 0 aliphatic rings. The van der Waals surface area contributed by atoms with Crippen molar-refractivity contribution in [2.24, 2.45) is 0 Å². The molecule has 15 heavy (non-hydrogen) atoms. The van der Waals surface area contributed by atoms with Gasteiger partial charge in [0.25, 0.3) is 0 Å². The molecule has 76 valence electrons. The fraction of sp³-hybridized carbons (Fsp3) is 0. The van der Waals surface area contributed by atoms with Crippen LogP contribution in [0.1, 0.15) is 11.4 Å². The van der Waals surface area contributed by atoms with Gasteiger partial charge in [0.05, 0.1) is 0 Å². The van der Waals surface area contributed by atoms with Crippen LogP contribution in [0.4, 0.5) is 8.78 Å². The molecule has 0 unspecified atom stereocenters. The van der Waals surface area contributed by atoms with Gasteiger partial charge in [0, 0.05) is 0 Å². The normalized spacial score (nSPS) is 11.1. The van der Waals surface area contributed by atoms with Crippen LogP contribution in [0.5, 0.6) is 0 Å². The summed E-state index contributed by atoms with van der Waals surface area (Å²) in [6, 6.07) is 3.60. The van der Waals surface area contributed by atoms with E-state index < -0.39 is 11.6 Å². The third-order valence-corrected chi connectivity index (χ3v) is 1.75. The molecule has 0 atom stereocenters. The van der Waals surface area contributed by atoms with Crippen LogP contribution in [0.15, 0.2) is 29.1 Å². The van der Waals surface area contributed by atoms with E-state index in [4.69, 9.17) is 0 Å². The number of halogens is 2. The Morgan fingerprint density at radius 3 is 2.67 bits per heavy atom. The Balaban J connectivity index is 2.21. The largest absolute Gasteiger partial charge is 0.342 e. The van der Waals surface area contributed by atoms with Crippen LogP contribution >= 0.6 is 0 Å². The molecule has 0 saturated heterocycles. The fourth-order valence-electron chi connectivity index (χ4n) is 1.04. The van der Waals surface area contributed by atoms with Crippen LogP contribution in [0.25, 0.3) is 12.2 Å². The molecule has 0 radical (unpaired) electrons. The Bertz CT molecular complexity index is 480. The van der Waals surface area contributed by atoms with Crippen molar-refractivity contribution in [3.05, 3.63) is 47.6 Å². The summed E-state index contributed by atoms with van der Waals surface area (Å²) >= 11 is 0. The molecule has 0 saturated carbocycles. The molecular weight excluding hydrogens is 202 g/mol. The summed E-state index contributed by atoms with van der Waals surface area (Å²) in [4.78, 5) is 3.74. The molecule has 0 amide bonds. The van der Waals surface area contributed by atoms with Gasteiger partial charge in [-0.25, -0.2) is 8.78 Å². The Morgan fingerprint density at radius 1 is 1.13 bits per heavy atom. The zero-order valence-corrected chi connectivity index (χ0v) is 7.52. The van der Waals surface area contributed by atoms with E-state index in [1.54, 1.807) is 6.08 Å². The third kappa shape index (κ3) is 2.25. The molecule has 1 heterocycles. The van der Waals surface area contributed by atoms with Crippen molar-refractivity contribution in [3.63, 3.8) is 0 Å². The summed E-state index contributed by atoms with van der Waals surface area (Å²) < 4.78 is 29.9. The second kappa shape index (κ2) is 4.00. The molecule has 5 heteroatoms. The van der Waals surface area contributed by atoms with Gasteiger partial charge in [0.1, 0.15) is 0 Å². The third-order valence-electron chi connectivity index (χ3n) is 1.75. The van der Waals surface area contributed by atoms with Crippen LogP contribution in [-0.4, -0.2) is 10.1 Å². The Morgan fingerprint density at radius 2 is 2.00 bits per heavy atom. The highest BCUT2D eigenvalue weighted by Crippen LogP contribution is 2.10. The van der Waals surface area contributed by atoms with Crippen molar-refractivity contribution >= 4 is 12.2 Å². The quantitative estimate of drug-likeness (QED) is 0.761. The first kappa shape index (κ1) is 9.51. The first-order valence-electron chi connectivity index (χ1n) is 4.15. The number of hydrogen-bond donors (Lipinski definition) is 0. The predicted molar refractivity (Wildman–Crippen MR) is 49.6 cm³/mol. The molecule has 0 spiro atoms.